The van der Waals surface area contributed by atoms with Gasteiger partial charge in [-0.3, -0.25) is 0 Å². The van der Waals surface area contributed by atoms with Crippen LogP contribution in [0.3, 0.4) is 0 Å². The van der Waals surface area contributed by atoms with Crippen LogP contribution in [0.25, 0.3) is 11.0 Å². The van der Waals surface area contributed by atoms with Crippen LogP contribution < -0.4 is 10.4 Å². The van der Waals surface area contributed by atoms with Gasteiger partial charge < -0.3 is 24.1 Å². The van der Waals surface area contributed by atoms with Crippen molar-refractivity contribution in [2.24, 2.45) is 0 Å². The molecule has 0 saturated heterocycles. The van der Waals surface area contributed by atoms with Crippen molar-refractivity contribution >= 4 is 16.9 Å². The Morgan fingerprint density at radius 2 is 2.05 bits per heavy atom. The molecule has 0 atom stereocenters. The van der Waals surface area contributed by atoms with E-state index in [1.807, 2.05) is 6.92 Å². The van der Waals surface area contributed by atoms with E-state index in [1.54, 1.807) is 0 Å². The number of phenolic OH excluding ortho intramolecular Hbond substituents is 1. The van der Waals surface area contributed by atoms with Gasteiger partial charge in [-0.15, -0.1) is 0 Å². The normalized spacial score (nSPS) is 10.6. The van der Waals surface area contributed by atoms with Crippen LogP contribution in [-0.2, 0) is 4.74 Å². The molecule has 1 heterocycles. The Bertz CT molecular complexity index is 761. The molecule has 2 rings (SSSR count). The predicted molar refractivity (Wildman–Crippen MR) is 77.6 cm³/mol. The first-order chi connectivity index (χ1) is 10.5. The van der Waals surface area contributed by atoms with Crippen molar-refractivity contribution in [2.45, 2.75) is 19.8 Å². The van der Waals surface area contributed by atoms with Crippen molar-refractivity contribution in [2.75, 3.05) is 13.7 Å². The van der Waals surface area contributed by atoms with Gasteiger partial charge in [0.25, 0.3) is 0 Å². The molecular formula is C15H16O7. The van der Waals surface area contributed by atoms with Crippen LogP contribution in [0.2, 0.25) is 0 Å². The Morgan fingerprint density at radius 3 is 2.68 bits per heavy atom. The Labute approximate surface area is 125 Å². The smallest absolute Gasteiger partial charge is 0.383 e. The van der Waals surface area contributed by atoms with E-state index in [0.29, 0.717) is 6.42 Å². The quantitative estimate of drug-likeness (QED) is 0.495. The summed E-state index contributed by atoms with van der Waals surface area (Å²) in [6.07, 6.45) is 1.52. The molecule has 22 heavy (non-hydrogen) atoms. The number of carbonyl (C=O) groups is 1. The van der Waals surface area contributed by atoms with Crippen LogP contribution in [0.15, 0.2) is 21.3 Å². The topological polar surface area (TPSA) is 106 Å². The van der Waals surface area contributed by atoms with Crippen molar-refractivity contribution in [3.63, 3.8) is 0 Å². The van der Waals surface area contributed by atoms with E-state index in [9.17, 15) is 19.8 Å². The maximum atomic E-state index is 11.9. The zero-order valence-electron chi connectivity index (χ0n) is 12.2. The van der Waals surface area contributed by atoms with E-state index in [2.05, 4.69) is 4.74 Å². The fraction of sp³-hybridized carbons (Fsp3) is 0.333. The molecule has 0 bridgehead atoms. The van der Waals surface area contributed by atoms with Crippen molar-refractivity contribution in [3.05, 3.63) is 28.1 Å². The number of esters is 1. The lowest BCUT2D eigenvalue weighted by Gasteiger charge is -2.11. The molecule has 0 radical (unpaired) electrons. The molecule has 0 aliphatic carbocycles. The second-order valence-corrected chi connectivity index (χ2v) is 4.60. The Kier molecular flexibility index (Phi) is 4.55. The number of unbranched alkanes of at least 4 members (excludes halogenated alkanes) is 1. The van der Waals surface area contributed by atoms with Crippen LogP contribution in [0.5, 0.6) is 17.2 Å². The fourth-order valence-corrected chi connectivity index (χ4v) is 1.99. The SMILES string of the molecule is CCCCOc1c(O)c2c(C(=O)OC)ccc(O)c2oc1=O. The molecule has 0 fully saturated rings. The Balaban J connectivity index is 2.70. The third-order valence-electron chi connectivity index (χ3n) is 3.12. The summed E-state index contributed by atoms with van der Waals surface area (Å²) in [4.78, 5) is 23.6. The highest BCUT2D eigenvalue weighted by atomic mass is 16.5. The van der Waals surface area contributed by atoms with Crippen LogP contribution in [0.1, 0.15) is 30.1 Å². The van der Waals surface area contributed by atoms with Crippen LogP contribution in [0, 0.1) is 0 Å². The highest BCUT2D eigenvalue weighted by Crippen LogP contribution is 2.38. The van der Waals surface area contributed by atoms with Crippen molar-refractivity contribution < 1.29 is 28.9 Å². The van der Waals surface area contributed by atoms with Crippen LogP contribution in [-0.4, -0.2) is 29.9 Å². The van der Waals surface area contributed by atoms with E-state index in [4.69, 9.17) is 9.15 Å². The highest BCUT2D eigenvalue weighted by molar-refractivity contribution is 6.07. The van der Waals surface area contributed by atoms with E-state index < -0.39 is 23.1 Å². The van der Waals surface area contributed by atoms with E-state index >= 15 is 0 Å². The largest absolute Gasteiger partial charge is 0.504 e. The summed E-state index contributed by atoms with van der Waals surface area (Å²) in [5, 5.41) is 19.9. The predicted octanol–water partition coefficient (Wildman–Crippen LogP) is 2.17. The van der Waals surface area contributed by atoms with Crippen molar-refractivity contribution in [1.29, 1.82) is 0 Å². The molecule has 0 aliphatic heterocycles. The maximum Gasteiger partial charge on any atom is 0.383 e. The molecule has 7 nitrogen and oxygen atoms in total. The lowest BCUT2D eigenvalue weighted by atomic mass is 10.1. The Hall–Kier alpha value is -2.70. The molecule has 0 saturated carbocycles. The summed E-state index contributed by atoms with van der Waals surface area (Å²) >= 11 is 0. The second-order valence-electron chi connectivity index (χ2n) is 4.60. The van der Waals surface area contributed by atoms with Gasteiger partial charge in [0.15, 0.2) is 17.1 Å². The average molecular weight is 308 g/mol. The summed E-state index contributed by atoms with van der Waals surface area (Å²) < 4.78 is 14.8. The van der Waals surface area contributed by atoms with E-state index in [1.165, 1.54) is 19.2 Å². The van der Waals surface area contributed by atoms with Gasteiger partial charge in [-0.2, -0.15) is 0 Å². The summed E-state index contributed by atoms with van der Waals surface area (Å²) in [5.74, 6) is -2.07. The molecule has 7 heteroatoms. The first kappa shape index (κ1) is 15.7. The van der Waals surface area contributed by atoms with E-state index in [0.717, 1.165) is 6.42 Å². The standard InChI is InChI=1S/C15H16O7/c1-3-4-7-21-13-11(17)10-8(14(18)20-2)5-6-9(16)12(10)22-15(13)19/h5-6,16-17H,3-4,7H2,1-2H3. The molecule has 0 amide bonds. The van der Waals surface area contributed by atoms with Crippen LogP contribution >= 0.6 is 0 Å². The number of fused-ring (bicyclic) bond motifs is 1. The third kappa shape index (κ3) is 2.69. The number of methoxy groups -OCH3 is 1. The zero-order chi connectivity index (χ0) is 16.3. The molecule has 0 aliphatic rings. The molecular weight excluding hydrogens is 292 g/mol. The van der Waals surface area contributed by atoms with Gasteiger partial charge in [0.1, 0.15) is 0 Å². The van der Waals surface area contributed by atoms with Crippen molar-refractivity contribution in [3.8, 4) is 17.2 Å². The minimum atomic E-state index is -0.932. The number of phenols is 1. The number of carbonyl (C=O) groups excluding carboxylic acids is 1. The van der Waals surface area contributed by atoms with Gasteiger partial charge in [-0.05, 0) is 18.6 Å². The minimum Gasteiger partial charge on any atom is -0.504 e. The Morgan fingerprint density at radius 1 is 1.32 bits per heavy atom. The second kappa shape index (κ2) is 6.38. The van der Waals surface area contributed by atoms with Gasteiger partial charge in [-0.1, -0.05) is 13.3 Å². The average Bonchev–Trinajstić information content (AvgIpc) is 2.51. The summed E-state index contributed by atoms with van der Waals surface area (Å²) in [7, 11) is 1.18. The summed E-state index contributed by atoms with van der Waals surface area (Å²) in [5.41, 5.74) is -1.27. The number of aromatic hydroxyl groups is 2. The molecule has 1 aromatic heterocycles. The number of rotatable bonds is 5. The number of hydrogen-bond acceptors (Lipinski definition) is 7. The molecule has 2 aromatic rings. The molecule has 118 valence electrons. The monoisotopic (exact) mass is 308 g/mol. The number of ether oxygens (including phenoxy) is 2. The van der Waals surface area contributed by atoms with E-state index in [-0.39, 0.29) is 28.9 Å². The third-order valence-corrected chi connectivity index (χ3v) is 3.12. The number of hydrogen-bond donors (Lipinski definition) is 2. The number of benzene rings is 1. The summed E-state index contributed by atoms with van der Waals surface area (Å²) in [6.45, 7) is 2.16. The van der Waals surface area contributed by atoms with Crippen molar-refractivity contribution in [1.82, 2.24) is 0 Å². The maximum absolute atomic E-state index is 11.9. The van der Waals surface area contributed by atoms with Gasteiger partial charge >= 0.3 is 11.6 Å². The van der Waals surface area contributed by atoms with Gasteiger partial charge in [0, 0.05) is 0 Å². The summed E-state index contributed by atoms with van der Waals surface area (Å²) in [6, 6.07) is 2.44. The zero-order valence-corrected chi connectivity index (χ0v) is 12.2. The highest BCUT2D eigenvalue weighted by Gasteiger charge is 2.23. The molecule has 1 aromatic carbocycles. The lowest BCUT2D eigenvalue weighted by molar-refractivity contribution is 0.0602. The molecule has 0 spiro atoms. The van der Waals surface area contributed by atoms with Gasteiger partial charge in [-0.25, -0.2) is 9.59 Å². The first-order valence-electron chi connectivity index (χ1n) is 6.74. The molecule has 2 N–H and O–H groups in total. The first-order valence-corrected chi connectivity index (χ1v) is 6.74. The lowest BCUT2D eigenvalue weighted by Crippen LogP contribution is -2.10. The van der Waals surface area contributed by atoms with Gasteiger partial charge in [0.05, 0.1) is 24.7 Å². The molecule has 0 unspecified atom stereocenters. The van der Waals surface area contributed by atoms with Gasteiger partial charge in [0.2, 0.25) is 5.75 Å². The van der Waals surface area contributed by atoms with Crippen LogP contribution in [0.4, 0.5) is 0 Å². The fourth-order valence-electron chi connectivity index (χ4n) is 1.99. The minimum absolute atomic E-state index is 0.0445.